The van der Waals surface area contributed by atoms with E-state index in [1.165, 1.54) is 214 Å². The number of fused-ring (bicyclic) bond motifs is 3. The van der Waals surface area contributed by atoms with Gasteiger partial charge in [-0.2, -0.15) is 0 Å². The quantitative estimate of drug-likeness (QED) is 0.0634. The molecular weight excluding hydrogens is 634 g/mol. The van der Waals surface area contributed by atoms with Crippen LogP contribution in [0, 0.1) is 0 Å². The van der Waals surface area contributed by atoms with Crippen LogP contribution in [0.3, 0.4) is 0 Å². The fraction of sp³-hybridized carbons (Fsp3) is 0.733. The Balaban J connectivity index is 1.42. The lowest BCUT2D eigenvalue weighted by Gasteiger charge is -2.33. The van der Waals surface area contributed by atoms with E-state index in [1.807, 2.05) is 0 Å². The zero-order valence-electron chi connectivity index (χ0n) is 31.1. The molecule has 0 saturated carbocycles. The number of halogens is 1. The van der Waals surface area contributed by atoms with Gasteiger partial charge >= 0.3 is 0 Å². The predicted octanol–water partition coefficient (Wildman–Crippen LogP) is 16.0. The minimum absolute atomic E-state index is 0.109. The molecule has 0 heterocycles. The van der Waals surface area contributed by atoms with E-state index in [4.69, 9.17) is 5.73 Å². The highest BCUT2D eigenvalue weighted by molar-refractivity contribution is 9.10. The molecule has 0 amide bonds. The Morgan fingerprint density at radius 2 is 0.745 bits per heavy atom. The Bertz CT molecular complexity index is 988. The highest BCUT2D eigenvalue weighted by Gasteiger charge is 2.42. The molecule has 47 heavy (non-hydrogen) atoms. The lowest BCUT2D eigenvalue weighted by atomic mass is 9.70. The van der Waals surface area contributed by atoms with Gasteiger partial charge in [0, 0.05) is 15.6 Å². The van der Waals surface area contributed by atoms with Gasteiger partial charge in [-0.25, -0.2) is 0 Å². The van der Waals surface area contributed by atoms with Crippen molar-refractivity contribution in [3.8, 4) is 11.1 Å². The van der Waals surface area contributed by atoms with E-state index in [2.05, 4.69) is 66.2 Å². The third kappa shape index (κ3) is 14.6. The first kappa shape index (κ1) is 40.2. The van der Waals surface area contributed by atoms with Crippen LogP contribution in [0.15, 0.2) is 40.9 Å². The maximum Gasteiger partial charge on any atom is 0.0317 e. The van der Waals surface area contributed by atoms with Crippen molar-refractivity contribution in [1.29, 1.82) is 0 Å². The molecule has 0 radical (unpaired) electrons. The first-order chi connectivity index (χ1) is 23.1. The Labute approximate surface area is 301 Å². The summed E-state index contributed by atoms with van der Waals surface area (Å²) < 4.78 is 1.21. The molecule has 2 aromatic rings. The first-order valence-electron chi connectivity index (χ1n) is 20.8. The second kappa shape index (κ2) is 24.8. The molecule has 2 N–H and O–H groups in total. The predicted molar refractivity (Wildman–Crippen MR) is 215 cm³/mol. The first-order valence-corrected chi connectivity index (χ1v) is 21.6. The summed E-state index contributed by atoms with van der Waals surface area (Å²) in [4.78, 5) is 0. The summed E-state index contributed by atoms with van der Waals surface area (Å²) in [5.41, 5.74) is 13.4. The van der Waals surface area contributed by atoms with Gasteiger partial charge in [-0.3, -0.25) is 0 Å². The maximum atomic E-state index is 6.47. The van der Waals surface area contributed by atoms with Gasteiger partial charge < -0.3 is 5.73 Å². The molecule has 3 rings (SSSR count). The largest absolute Gasteiger partial charge is 0.399 e. The van der Waals surface area contributed by atoms with Crippen LogP contribution in [-0.2, 0) is 5.41 Å². The van der Waals surface area contributed by atoms with Gasteiger partial charge in [0.1, 0.15) is 0 Å². The standard InChI is InChI=1S/C45H74BrN/c1-3-5-7-9-11-13-15-17-19-21-23-25-27-29-35-45(36-30-28-26-24-22-20-18-16-14-12-10-8-6-4-2)43-37-39(46)31-33-41(43)42-34-32-40(47)38-44(42)45/h31-34,37-38H,3-30,35-36,47H2,1-2H3. The van der Waals surface area contributed by atoms with Crippen LogP contribution in [0.5, 0.6) is 0 Å². The van der Waals surface area contributed by atoms with Gasteiger partial charge in [0.15, 0.2) is 0 Å². The number of nitrogens with two attached hydrogens (primary N) is 1. The van der Waals surface area contributed by atoms with Crippen molar-refractivity contribution in [2.45, 2.75) is 212 Å². The lowest BCUT2D eigenvalue weighted by molar-refractivity contribution is 0.396. The Morgan fingerprint density at radius 1 is 0.426 bits per heavy atom. The van der Waals surface area contributed by atoms with E-state index in [0.717, 1.165) is 5.69 Å². The second-order valence-corrected chi connectivity index (χ2v) is 16.2. The van der Waals surface area contributed by atoms with Gasteiger partial charge in [0.25, 0.3) is 0 Å². The summed E-state index contributed by atoms with van der Waals surface area (Å²) >= 11 is 3.84. The molecule has 0 aromatic heterocycles. The van der Waals surface area contributed by atoms with Crippen molar-refractivity contribution < 1.29 is 0 Å². The van der Waals surface area contributed by atoms with Crippen molar-refractivity contribution in [2.24, 2.45) is 0 Å². The van der Waals surface area contributed by atoms with Crippen LogP contribution in [0.1, 0.15) is 218 Å². The number of hydrogen-bond donors (Lipinski definition) is 1. The van der Waals surface area contributed by atoms with E-state index < -0.39 is 0 Å². The van der Waals surface area contributed by atoms with Crippen molar-refractivity contribution in [3.05, 3.63) is 52.0 Å². The zero-order valence-corrected chi connectivity index (χ0v) is 32.7. The fourth-order valence-corrected chi connectivity index (χ4v) is 8.75. The number of rotatable bonds is 30. The molecule has 1 aliphatic carbocycles. The smallest absolute Gasteiger partial charge is 0.0317 e. The molecule has 1 nitrogen and oxygen atoms in total. The molecule has 2 aromatic carbocycles. The number of hydrogen-bond acceptors (Lipinski definition) is 1. The maximum absolute atomic E-state index is 6.47. The summed E-state index contributed by atoms with van der Waals surface area (Å²) in [6, 6.07) is 13.8. The Morgan fingerprint density at radius 3 is 1.13 bits per heavy atom. The minimum Gasteiger partial charge on any atom is -0.399 e. The molecular formula is C45H74BrN. The Hall–Kier alpha value is -1.28. The van der Waals surface area contributed by atoms with Gasteiger partial charge in [-0.1, -0.05) is 222 Å². The Kier molecular flexibility index (Phi) is 21.2. The van der Waals surface area contributed by atoms with E-state index in [9.17, 15) is 0 Å². The molecule has 0 atom stereocenters. The van der Waals surface area contributed by atoms with Crippen LogP contribution in [-0.4, -0.2) is 0 Å². The highest BCUT2D eigenvalue weighted by Crippen LogP contribution is 2.55. The van der Waals surface area contributed by atoms with Crippen LogP contribution in [0.25, 0.3) is 11.1 Å². The van der Waals surface area contributed by atoms with Gasteiger partial charge in [-0.15, -0.1) is 0 Å². The molecule has 0 saturated heterocycles. The number of anilines is 1. The monoisotopic (exact) mass is 708 g/mol. The minimum atomic E-state index is 0.109. The molecule has 0 aliphatic heterocycles. The summed E-state index contributed by atoms with van der Waals surface area (Å²) in [6.07, 6.45) is 42.1. The van der Waals surface area contributed by atoms with Crippen LogP contribution >= 0.6 is 15.9 Å². The summed E-state index contributed by atoms with van der Waals surface area (Å²) in [5, 5.41) is 0. The molecule has 0 bridgehead atoms. The van der Waals surface area contributed by atoms with Crippen LogP contribution in [0.2, 0.25) is 0 Å². The number of nitrogen functional groups attached to an aromatic ring is 1. The van der Waals surface area contributed by atoms with Crippen molar-refractivity contribution in [3.63, 3.8) is 0 Å². The van der Waals surface area contributed by atoms with Crippen LogP contribution in [0.4, 0.5) is 5.69 Å². The molecule has 266 valence electrons. The van der Waals surface area contributed by atoms with Crippen LogP contribution < -0.4 is 5.73 Å². The normalized spacial score (nSPS) is 13.3. The molecule has 1 aliphatic rings. The topological polar surface area (TPSA) is 26.0 Å². The SMILES string of the molecule is CCCCCCCCCCCCCCCCC1(CCCCCCCCCCCCCCCC)c2cc(N)ccc2-c2ccc(Br)cc21. The number of unbranched alkanes of at least 4 members (excludes halogenated alkanes) is 26. The lowest BCUT2D eigenvalue weighted by Crippen LogP contribution is -2.25. The van der Waals surface area contributed by atoms with E-state index >= 15 is 0 Å². The highest BCUT2D eigenvalue weighted by atomic mass is 79.9. The van der Waals surface area contributed by atoms with Gasteiger partial charge in [0.05, 0.1) is 0 Å². The average molecular weight is 709 g/mol. The molecule has 2 heteroatoms. The number of benzene rings is 2. The second-order valence-electron chi connectivity index (χ2n) is 15.3. The third-order valence-corrected chi connectivity index (χ3v) is 11.8. The summed E-state index contributed by atoms with van der Waals surface area (Å²) in [6.45, 7) is 4.61. The van der Waals surface area contributed by atoms with Crippen molar-refractivity contribution in [1.82, 2.24) is 0 Å². The van der Waals surface area contributed by atoms with E-state index in [1.54, 1.807) is 5.56 Å². The third-order valence-electron chi connectivity index (χ3n) is 11.3. The van der Waals surface area contributed by atoms with Gasteiger partial charge in [0.2, 0.25) is 0 Å². The summed E-state index contributed by atoms with van der Waals surface area (Å²) in [7, 11) is 0. The molecule has 0 fully saturated rings. The van der Waals surface area contributed by atoms with E-state index in [0.29, 0.717) is 0 Å². The van der Waals surface area contributed by atoms with Crippen molar-refractivity contribution >= 4 is 21.6 Å². The molecule has 0 spiro atoms. The molecule has 0 unspecified atom stereocenters. The average Bonchev–Trinajstić information content (AvgIpc) is 3.32. The van der Waals surface area contributed by atoms with Gasteiger partial charge in [-0.05, 0) is 59.4 Å². The van der Waals surface area contributed by atoms with Crippen molar-refractivity contribution in [2.75, 3.05) is 5.73 Å². The fourth-order valence-electron chi connectivity index (χ4n) is 8.39. The summed E-state index contributed by atoms with van der Waals surface area (Å²) in [5.74, 6) is 0. The van der Waals surface area contributed by atoms with E-state index in [-0.39, 0.29) is 5.41 Å². The zero-order chi connectivity index (χ0) is 33.4.